The van der Waals surface area contributed by atoms with Crippen molar-refractivity contribution in [1.29, 1.82) is 0 Å². The van der Waals surface area contributed by atoms with Gasteiger partial charge in [-0.2, -0.15) is 4.98 Å². The van der Waals surface area contributed by atoms with E-state index in [1.807, 2.05) is 18.7 Å². The predicted molar refractivity (Wildman–Crippen MR) is 166 cm³/mol. The summed E-state index contributed by atoms with van der Waals surface area (Å²) in [6.45, 7) is 11.3. The Balaban J connectivity index is 1.39. The van der Waals surface area contributed by atoms with Crippen LogP contribution in [0, 0.1) is 13.8 Å². The molecule has 10 heteroatoms. The lowest BCUT2D eigenvalue weighted by molar-refractivity contribution is -0.132. The number of benzene rings is 1. The summed E-state index contributed by atoms with van der Waals surface area (Å²) in [4.78, 5) is 43.1. The van der Waals surface area contributed by atoms with Gasteiger partial charge in [0, 0.05) is 74.2 Å². The van der Waals surface area contributed by atoms with E-state index >= 15 is 0 Å². The Kier molecular flexibility index (Phi) is 7.72. The average Bonchev–Trinajstić information content (AvgIpc) is 3.52. The molecule has 220 valence electrons. The fourth-order valence-corrected chi connectivity index (χ4v) is 6.36. The lowest BCUT2D eigenvalue weighted by atomic mass is 9.99. The molecule has 1 amide bonds. The lowest BCUT2D eigenvalue weighted by Crippen LogP contribution is -2.44. The lowest BCUT2D eigenvalue weighted by Gasteiger charge is -2.35. The third-order valence-electron chi connectivity index (χ3n) is 8.73. The second-order valence-electron chi connectivity index (χ2n) is 11.5. The van der Waals surface area contributed by atoms with E-state index in [4.69, 9.17) is 9.40 Å². The van der Waals surface area contributed by atoms with Crippen LogP contribution in [0.2, 0.25) is 0 Å². The zero-order valence-electron chi connectivity index (χ0n) is 24.9. The number of carbonyl (C=O) groups excluding carboxylic acids is 1. The van der Waals surface area contributed by atoms with E-state index in [0.717, 1.165) is 61.2 Å². The van der Waals surface area contributed by atoms with Crippen LogP contribution in [0.4, 0.5) is 17.3 Å². The zero-order chi connectivity index (χ0) is 29.4. The first kappa shape index (κ1) is 28.0. The zero-order valence-corrected chi connectivity index (χ0v) is 24.9. The Morgan fingerprint density at radius 3 is 2.64 bits per heavy atom. The number of pyridine rings is 1. The first-order valence-electron chi connectivity index (χ1n) is 14.9. The number of carbonyl (C=O) groups is 1. The number of nitrogens with one attached hydrogen (secondary N) is 1. The van der Waals surface area contributed by atoms with Crippen molar-refractivity contribution in [3.63, 3.8) is 0 Å². The Hall–Kier alpha value is -4.18. The van der Waals surface area contributed by atoms with Crippen LogP contribution in [0.5, 0.6) is 0 Å². The first-order valence-corrected chi connectivity index (χ1v) is 14.9. The molecule has 0 unspecified atom stereocenters. The smallest absolute Gasteiger partial charge is 0.260 e. The molecule has 4 aromatic rings. The van der Waals surface area contributed by atoms with Crippen LogP contribution in [0.1, 0.15) is 43.4 Å². The quantitative estimate of drug-likeness (QED) is 0.356. The Labute approximate surface area is 246 Å². The number of aryl methyl sites for hydroxylation is 2. The van der Waals surface area contributed by atoms with Crippen molar-refractivity contribution in [2.24, 2.45) is 0 Å². The number of furan rings is 1. The van der Waals surface area contributed by atoms with Crippen molar-refractivity contribution in [2.75, 3.05) is 56.5 Å². The van der Waals surface area contributed by atoms with Crippen molar-refractivity contribution in [3.8, 4) is 11.1 Å². The summed E-state index contributed by atoms with van der Waals surface area (Å²) in [6, 6.07) is 7.95. The van der Waals surface area contributed by atoms with Gasteiger partial charge in [-0.15, -0.1) is 0 Å². The molecule has 2 aliphatic heterocycles. The normalized spacial score (nSPS) is 18.0. The van der Waals surface area contributed by atoms with Crippen molar-refractivity contribution < 1.29 is 9.21 Å². The summed E-state index contributed by atoms with van der Waals surface area (Å²) in [5.74, 6) is 0.529. The Morgan fingerprint density at radius 2 is 1.93 bits per heavy atom. The third-order valence-corrected chi connectivity index (χ3v) is 8.73. The monoisotopic (exact) mass is 569 g/mol. The van der Waals surface area contributed by atoms with Gasteiger partial charge in [0.15, 0.2) is 0 Å². The fourth-order valence-electron chi connectivity index (χ4n) is 6.36. The van der Waals surface area contributed by atoms with Crippen molar-refractivity contribution in [2.45, 2.75) is 46.1 Å². The highest BCUT2D eigenvalue weighted by Gasteiger charge is 2.29. The molecule has 2 aliphatic rings. The number of likely N-dealkylation sites (N-methyl/N-ethyl adjacent to an activating group) is 1. The molecule has 5 heterocycles. The molecule has 2 fully saturated rings. The Morgan fingerprint density at radius 1 is 1.12 bits per heavy atom. The van der Waals surface area contributed by atoms with E-state index in [9.17, 15) is 9.59 Å². The van der Waals surface area contributed by atoms with Gasteiger partial charge in [0.1, 0.15) is 5.65 Å². The SMILES string of the molecule is CCC(=O)N1CCC[C@H](n2c(=O)c(-c3ccoc3)c(C)c3cnc(Nc4ccc(N5CCN(C)CC5)c(C)c4)nc32)C1. The van der Waals surface area contributed by atoms with E-state index in [2.05, 4.69) is 52.3 Å². The predicted octanol–water partition coefficient (Wildman–Crippen LogP) is 4.74. The third kappa shape index (κ3) is 5.27. The number of piperazine rings is 1. The summed E-state index contributed by atoms with van der Waals surface area (Å²) in [6.07, 6.45) is 7.02. The van der Waals surface area contributed by atoms with Crippen molar-refractivity contribution in [3.05, 3.63) is 64.5 Å². The van der Waals surface area contributed by atoms with E-state index < -0.39 is 0 Å². The van der Waals surface area contributed by atoms with Crippen molar-refractivity contribution in [1.82, 2.24) is 24.3 Å². The number of rotatable bonds is 6. The molecule has 2 saturated heterocycles. The molecule has 0 bridgehead atoms. The van der Waals surface area contributed by atoms with Crippen LogP contribution < -0.4 is 15.8 Å². The molecule has 1 atom stereocenters. The van der Waals surface area contributed by atoms with Gasteiger partial charge in [0.2, 0.25) is 11.9 Å². The molecule has 6 rings (SSSR count). The number of hydrogen-bond acceptors (Lipinski definition) is 8. The minimum absolute atomic E-state index is 0.103. The van der Waals surface area contributed by atoms with Gasteiger partial charge in [-0.25, -0.2) is 4.98 Å². The van der Waals surface area contributed by atoms with Gasteiger partial charge in [-0.05, 0) is 69.1 Å². The van der Waals surface area contributed by atoms with Gasteiger partial charge >= 0.3 is 0 Å². The molecule has 0 aliphatic carbocycles. The van der Waals surface area contributed by atoms with Crippen LogP contribution in [0.25, 0.3) is 22.2 Å². The Bertz CT molecular complexity index is 1660. The molecular formula is C32H39N7O3. The molecule has 1 N–H and O–H groups in total. The van der Waals surface area contributed by atoms with Crippen molar-refractivity contribution >= 4 is 34.3 Å². The summed E-state index contributed by atoms with van der Waals surface area (Å²) < 4.78 is 7.12. The molecule has 42 heavy (non-hydrogen) atoms. The van der Waals surface area contributed by atoms with Gasteiger partial charge in [-0.3, -0.25) is 14.2 Å². The van der Waals surface area contributed by atoms with Gasteiger partial charge in [0.25, 0.3) is 5.56 Å². The number of anilines is 3. The van der Waals surface area contributed by atoms with E-state index in [0.29, 0.717) is 36.7 Å². The molecule has 0 saturated carbocycles. The number of piperidine rings is 1. The largest absolute Gasteiger partial charge is 0.472 e. The molecule has 0 spiro atoms. The van der Waals surface area contributed by atoms with E-state index in [1.165, 1.54) is 11.3 Å². The van der Waals surface area contributed by atoms with Crippen LogP contribution in [-0.4, -0.2) is 76.6 Å². The second kappa shape index (κ2) is 11.6. The topological polar surface area (TPSA) is 99.7 Å². The highest BCUT2D eigenvalue weighted by molar-refractivity contribution is 5.87. The van der Waals surface area contributed by atoms with Crippen LogP contribution >= 0.6 is 0 Å². The number of likely N-dealkylation sites (tertiary alicyclic amines) is 1. The van der Waals surface area contributed by atoms with E-state index in [1.54, 1.807) is 29.4 Å². The molecule has 10 nitrogen and oxygen atoms in total. The minimum Gasteiger partial charge on any atom is -0.472 e. The van der Waals surface area contributed by atoms with Gasteiger partial charge < -0.3 is 24.4 Å². The molecular weight excluding hydrogens is 530 g/mol. The standard InChI is InChI=1S/C32H39N7O3/c1-5-28(40)38-11-6-7-25(19-38)39-30-26(22(3)29(31(39)41)23-10-16-42-20-23)18-33-32(35-30)34-24-8-9-27(21(2)17-24)37-14-12-36(4)13-15-37/h8-10,16-18,20,25H,5-7,11-15,19H2,1-4H3,(H,33,34,35)/t25-/m0/s1. The fraction of sp³-hybridized carbons (Fsp3) is 0.438. The van der Waals surface area contributed by atoms with Gasteiger partial charge in [-0.1, -0.05) is 6.92 Å². The number of amides is 1. The maximum absolute atomic E-state index is 14.2. The molecule has 3 aromatic heterocycles. The maximum atomic E-state index is 14.2. The maximum Gasteiger partial charge on any atom is 0.260 e. The van der Waals surface area contributed by atoms with Crippen LogP contribution in [0.3, 0.4) is 0 Å². The summed E-state index contributed by atoms with van der Waals surface area (Å²) >= 11 is 0. The number of fused-ring (bicyclic) bond motifs is 1. The van der Waals surface area contributed by atoms with E-state index in [-0.39, 0.29) is 17.5 Å². The first-order chi connectivity index (χ1) is 20.3. The minimum atomic E-state index is -0.191. The van der Waals surface area contributed by atoms with Gasteiger partial charge in [0.05, 0.1) is 24.1 Å². The second-order valence-corrected chi connectivity index (χ2v) is 11.5. The summed E-state index contributed by atoms with van der Waals surface area (Å²) in [5.41, 5.74) is 5.88. The number of nitrogens with zero attached hydrogens (tertiary/aromatic N) is 6. The summed E-state index contributed by atoms with van der Waals surface area (Å²) in [7, 11) is 2.16. The molecule has 1 aromatic carbocycles. The highest BCUT2D eigenvalue weighted by Crippen LogP contribution is 2.32. The summed E-state index contributed by atoms with van der Waals surface area (Å²) in [5, 5.41) is 4.18. The average molecular weight is 570 g/mol. The number of hydrogen-bond donors (Lipinski definition) is 1. The highest BCUT2D eigenvalue weighted by atomic mass is 16.3. The number of aromatic nitrogens is 3. The molecule has 0 radical (unpaired) electrons. The van der Waals surface area contributed by atoms with Crippen LogP contribution in [0.15, 0.2) is 52.2 Å². The van der Waals surface area contributed by atoms with Crippen LogP contribution in [-0.2, 0) is 4.79 Å².